The van der Waals surface area contributed by atoms with E-state index in [1.54, 1.807) is 0 Å². The molecule has 10 aromatic rings. The lowest BCUT2D eigenvalue weighted by Gasteiger charge is -2.21. The second-order valence-electron chi connectivity index (χ2n) is 14.8. The molecule has 55 heavy (non-hydrogen) atoms. The third kappa shape index (κ3) is 4.25. The molecule has 0 saturated heterocycles. The number of nitrogens with zero attached hydrogens (tertiary/aromatic N) is 1. The van der Waals surface area contributed by atoms with E-state index in [4.69, 9.17) is 0 Å². The van der Waals surface area contributed by atoms with E-state index >= 15 is 0 Å². The Kier molecular flexibility index (Phi) is 6.43. The van der Waals surface area contributed by atoms with Crippen LogP contribution in [0.2, 0.25) is 0 Å². The van der Waals surface area contributed by atoms with Crippen molar-refractivity contribution < 1.29 is 0 Å². The summed E-state index contributed by atoms with van der Waals surface area (Å²) in [7, 11) is 0. The maximum Gasteiger partial charge on any atom is 0.123 e. The van der Waals surface area contributed by atoms with Gasteiger partial charge in [-0.25, -0.2) is 0 Å². The second-order valence-corrected chi connectivity index (χ2v) is 14.8. The highest BCUT2D eigenvalue weighted by atomic mass is 15.2. The van der Waals surface area contributed by atoms with Gasteiger partial charge in [-0.15, -0.1) is 0 Å². The molecule has 1 aromatic heterocycles. The lowest BCUT2D eigenvalue weighted by molar-refractivity contribution is 0.578. The van der Waals surface area contributed by atoms with Crippen molar-refractivity contribution in [3.8, 4) is 55.6 Å². The molecule has 2 nitrogen and oxygen atoms in total. The number of rotatable bonds is 4. The molecule has 12 rings (SSSR count). The first-order valence-corrected chi connectivity index (χ1v) is 19.2. The van der Waals surface area contributed by atoms with Gasteiger partial charge in [0.05, 0.1) is 11.0 Å². The van der Waals surface area contributed by atoms with E-state index in [2.05, 4.69) is 198 Å². The Balaban J connectivity index is 1.20. The molecule has 0 amide bonds. The molecule has 2 heterocycles. The van der Waals surface area contributed by atoms with Crippen LogP contribution in [0.3, 0.4) is 0 Å². The van der Waals surface area contributed by atoms with Gasteiger partial charge >= 0.3 is 0 Å². The van der Waals surface area contributed by atoms with Crippen LogP contribution < -0.4 is 5.32 Å². The van der Waals surface area contributed by atoms with E-state index in [0.717, 1.165) is 0 Å². The minimum atomic E-state index is 0.0186. The highest BCUT2D eigenvalue weighted by molar-refractivity contribution is 6.30. The number of dihydropyridines is 1. The van der Waals surface area contributed by atoms with Crippen molar-refractivity contribution >= 4 is 54.1 Å². The summed E-state index contributed by atoms with van der Waals surface area (Å²) in [5.41, 5.74) is 15.3. The maximum atomic E-state index is 3.61. The molecule has 0 spiro atoms. The first-order valence-electron chi connectivity index (χ1n) is 19.2. The van der Waals surface area contributed by atoms with Crippen LogP contribution in [0.4, 0.5) is 0 Å². The molecule has 9 aromatic carbocycles. The van der Waals surface area contributed by atoms with E-state index < -0.39 is 0 Å². The molecule has 1 unspecified atom stereocenters. The molecule has 2 heteroatoms. The van der Waals surface area contributed by atoms with E-state index in [0.29, 0.717) is 0 Å². The number of hydrogen-bond donors (Lipinski definition) is 1. The monoisotopic (exact) mass is 698 g/mol. The van der Waals surface area contributed by atoms with Gasteiger partial charge in [-0.05, 0) is 113 Å². The predicted molar refractivity (Wildman–Crippen MR) is 233 cm³/mol. The summed E-state index contributed by atoms with van der Waals surface area (Å²) >= 11 is 0. The first-order chi connectivity index (χ1) is 27.3. The zero-order valence-electron chi connectivity index (χ0n) is 30.0. The van der Waals surface area contributed by atoms with Crippen LogP contribution in [-0.2, 0) is 0 Å². The quantitative estimate of drug-likeness (QED) is 0.194. The van der Waals surface area contributed by atoms with Gasteiger partial charge in [-0.2, -0.15) is 0 Å². The molecule has 1 aliphatic heterocycles. The number of fused-ring (bicyclic) bond motifs is 9. The van der Waals surface area contributed by atoms with Gasteiger partial charge in [0.1, 0.15) is 6.17 Å². The van der Waals surface area contributed by atoms with E-state index in [1.165, 1.54) is 110 Å². The number of allylic oxidation sites excluding steroid dienone is 2. The van der Waals surface area contributed by atoms with Crippen molar-refractivity contribution in [2.24, 2.45) is 0 Å². The Labute approximate surface area is 318 Å². The minimum Gasteiger partial charge on any atom is -0.368 e. The van der Waals surface area contributed by atoms with Gasteiger partial charge in [0.25, 0.3) is 0 Å². The highest BCUT2D eigenvalue weighted by Gasteiger charge is 2.31. The predicted octanol–water partition coefficient (Wildman–Crippen LogP) is 14.1. The molecule has 0 bridgehead atoms. The average molecular weight is 699 g/mol. The van der Waals surface area contributed by atoms with Gasteiger partial charge in [-0.3, -0.25) is 0 Å². The van der Waals surface area contributed by atoms with Gasteiger partial charge in [-0.1, -0.05) is 164 Å². The summed E-state index contributed by atoms with van der Waals surface area (Å²) in [5.74, 6) is 0. The van der Waals surface area contributed by atoms with Crippen molar-refractivity contribution in [1.82, 2.24) is 9.88 Å². The van der Waals surface area contributed by atoms with Crippen LogP contribution in [0.1, 0.15) is 6.17 Å². The summed E-state index contributed by atoms with van der Waals surface area (Å²) < 4.78 is 2.47. The van der Waals surface area contributed by atoms with Crippen molar-refractivity contribution in [1.29, 1.82) is 0 Å². The van der Waals surface area contributed by atoms with Gasteiger partial charge in [0.15, 0.2) is 0 Å². The lowest BCUT2D eigenvalue weighted by atomic mass is 9.82. The largest absolute Gasteiger partial charge is 0.368 e. The van der Waals surface area contributed by atoms with Crippen molar-refractivity contribution in [2.45, 2.75) is 6.17 Å². The van der Waals surface area contributed by atoms with Crippen molar-refractivity contribution in [3.05, 3.63) is 194 Å². The number of benzene rings is 9. The summed E-state index contributed by atoms with van der Waals surface area (Å²) in [6.07, 6.45) is 8.50. The molecule has 0 saturated carbocycles. The van der Waals surface area contributed by atoms with Crippen LogP contribution in [0.5, 0.6) is 0 Å². The SMILES string of the molecule is C1=CNC(n2c3ccccc3c3cc(-c4ccc5c6c(cccc46)-c4c-5c(-c5ccccc5)c5ccccc5c4-c4ccccc4)c4ccccc4c32)C=C1. The Morgan fingerprint density at radius 1 is 0.382 bits per heavy atom. The Bertz CT molecular complexity index is 3180. The summed E-state index contributed by atoms with van der Waals surface area (Å²) in [5, 5.41) is 13.8. The van der Waals surface area contributed by atoms with Crippen LogP contribution in [0.25, 0.3) is 110 Å². The number of para-hydroxylation sites is 1. The lowest BCUT2D eigenvalue weighted by Crippen LogP contribution is -2.21. The molecule has 1 atom stereocenters. The first kappa shape index (κ1) is 30.3. The minimum absolute atomic E-state index is 0.0186. The van der Waals surface area contributed by atoms with E-state index in [-0.39, 0.29) is 6.17 Å². The smallest absolute Gasteiger partial charge is 0.123 e. The second kappa shape index (κ2) is 11.7. The molecule has 1 N–H and O–H groups in total. The van der Waals surface area contributed by atoms with Gasteiger partial charge in [0, 0.05) is 16.2 Å². The van der Waals surface area contributed by atoms with Crippen LogP contribution >= 0.6 is 0 Å². The Morgan fingerprint density at radius 2 is 0.945 bits per heavy atom. The molecular formula is C53H34N2. The van der Waals surface area contributed by atoms with Crippen LogP contribution in [-0.4, -0.2) is 4.57 Å². The fraction of sp³-hybridized carbons (Fsp3) is 0.0189. The molecule has 2 aliphatic rings. The van der Waals surface area contributed by atoms with Gasteiger partial charge < -0.3 is 9.88 Å². The van der Waals surface area contributed by atoms with Crippen molar-refractivity contribution in [3.63, 3.8) is 0 Å². The standard InChI is InChI=1S/C53H34N2/c1-3-16-33(17-4-1)48-39-22-8-9-23-40(39)49(34-18-5-2-6-19-34)52-43-30-29-36(38-25-15-26-42(50(38)43)51(48)52)44-32-45-37-21-11-12-27-46(37)55(47-28-13-14-31-54-47)53(45)41-24-10-7-20-35(41)44/h1-32,47,54H. The highest BCUT2D eigenvalue weighted by Crippen LogP contribution is 2.58. The summed E-state index contributed by atoms with van der Waals surface area (Å²) in [4.78, 5) is 0. The zero-order chi connectivity index (χ0) is 36.0. The topological polar surface area (TPSA) is 17.0 Å². The number of aromatic nitrogens is 1. The maximum absolute atomic E-state index is 3.61. The normalized spacial score (nSPS) is 14.4. The van der Waals surface area contributed by atoms with E-state index in [1.807, 2.05) is 6.20 Å². The molecule has 0 radical (unpaired) electrons. The van der Waals surface area contributed by atoms with Crippen molar-refractivity contribution in [2.75, 3.05) is 0 Å². The molecule has 256 valence electrons. The fourth-order valence-electron chi connectivity index (χ4n) is 9.81. The fourth-order valence-corrected chi connectivity index (χ4v) is 9.81. The van der Waals surface area contributed by atoms with Gasteiger partial charge in [0.2, 0.25) is 0 Å². The van der Waals surface area contributed by atoms with E-state index in [9.17, 15) is 0 Å². The average Bonchev–Trinajstić information content (AvgIpc) is 3.77. The molecule has 1 aliphatic carbocycles. The molecular weight excluding hydrogens is 665 g/mol. The summed E-state index contributed by atoms with van der Waals surface area (Å²) in [6, 6.07) is 63.0. The Morgan fingerprint density at radius 3 is 1.62 bits per heavy atom. The number of nitrogens with one attached hydrogen (secondary N) is 1. The number of hydrogen-bond acceptors (Lipinski definition) is 1. The third-order valence-corrected chi connectivity index (χ3v) is 12.0. The molecule has 0 fully saturated rings. The summed E-state index contributed by atoms with van der Waals surface area (Å²) in [6.45, 7) is 0. The zero-order valence-corrected chi connectivity index (χ0v) is 30.0. The Hall–Kier alpha value is -7.16. The van der Waals surface area contributed by atoms with Crippen LogP contribution in [0.15, 0.2) is 194 Å². The van der Waals surface area contributed by atoms with Crippen LogP contribution in [0, 0.1) is 0 Å². The third-order valence-electron chi connectivity index (χ3n) is 12.0.